The van der Waals surface area contributed by atoms with E-state index in [0.717, 1.165) is 25.2 Å². The van der Waals surface area contributed by atoms with Crippen molar-refractivity contribution in [3.05, 3.63) is 41.7 Å². The molecule has 15 heavy (non-hydrogen) atoms. The molecular weight excluding hydrogens is 188 g/mol. The van der Waals surface area contributed by atoms with Gasteiger partial charge in [-0.3, -0.25) is 5.10 Å². The summed E-state index contributed by atoms with van der Waals surface area (Å²) in [6.45, 7) is 1.59. The SMILES string of the molecule is c1cc2c(cc1-c1cn[nH]c1)CCOC2. The van der Waals surface area contributed by atoms with Crippen molar-refractivity contribution < 1.29 is 4.74 Å². The lowest BCUT2D eigenvalue weighted by molar-refractivity contribution is 0.111. The molecule has 1 aliphatic rings. The van der Waals surface area contributed by atoms with E-state index in [9.17, 15) is 0 Å². The molecule has 3 nitrogen and oxygen atoms in total. The number of ether oxygens (including phenoxy) is 1. The fourth-order valence-corrected chi connectivity index (χ4v) is 1.95. The Morgan fingerprint density at radius 2 is 2.20 bits per heavy atom. The highest BCUT2D eigenvalue weighted by molar-refractivity contribution is 5.63. The van der Waals surface area contributed by atoms with Gasteiger partial charge in [-0.1, -0.05) is 18.2 Å². The van der Waals surface area contributed by atoms with Crippen molar-refractivity contribution in [1.82, 2.24) is 10.2 Å². The summed E-state index contributed by atoms with van der Waals surface area (Å²) in [5.41, 5.74) is 5.09. The van der Waals surface area contributed by atoms with Crippen LogP contribution >= 0.6 is 0 Å². The first-order valence-electron chi connectivity index (χ1n) is 5.12. The van der Waals surface area contributed by atoms with Crippen LogP contribution in [0.15, 0.2) is 30.6 Å². The molecule has 1 aromatic heterocycles. The fraction of sp³-hybridized carbons (Fsp3) is 0.250. The van der Waals surface area contributed by atoms with Gasteiger partial charge >= 0.3 is 0 Å². The zero-order chi connectivity index (χ0) is 10.1. The van der Waals surface area contributed by atoms with Gasteiger partial charge in [-0.05, 0) is 23.1 Å². The molecule has 0 saturated carbocycles. The van der Waals surface area contributed by atoms with E-state index in [2.05, 4.69) is 28.4 Å². The minimum atomic E-state index is 0.751. The van der Waals surface area contributed by atoms with Crippen LogP contribution in [-0.2, 0) is 17.8 Å². The minimum absolute atomic E-state index is 0.751. The molecule has 0 saturated heterocycles. The molecule has 1 N–H and O–H groups in total. The number of aromatic amines is 1. The number of hydrogen-bond acceptors (Lipinski definition) is 2. The van der Waals surface area contributed by atoms with E-state index in [1.165, 1.54) is 16.7 Å². The molecule has 0 aliphatic carbocycles. The van der Waals surface area contributed by atoms with Crippen LogP contribution in [0.3, 0.4) is 0 Å². The molecule has 0 radical (unpaired) electrons. The summed E-state index contributed by atoms with van der Waals surface area (Å²) >= 11 is 0. The summed E-state index contributed by atoms with van der Waals surface area (Å²) in [5, 5.41) is 6.79. The van der Waals surface area contributed by atoms with Gasteiger partial charge in [-0.25, -0.2) is 0 Å². The van der Waals surface area contributed by atoms with E-state index in [4.69, 9.17) is 4.74 Å². The van der Waals surface area contributed by atoms with Gasteiger partial charge in [0.2, 0.25) is 0 Å². The van der Waals surface area contributed by atoms with Crippen molar-refractivity contribution in [1.29, 1.82) is 0 Å². The van der Waals surface area contributed by atoms with E-state index in [1.807, 2.05) is 12.4 Å². The first-order valence-corrected chi connectivity index (χ1v) is 5.12. The van der Waals surface area contributed by atoms with Gasteiger partial charge in [-0.15, -0.1) is 0 Å². The number of hydrogen-bond donors (Lipinski definition) is 1. The largest absolute Gasteiger partial charge is 0.376 e. The molecule has 0 bridgehead atoms. The van der Waals surface area contributed by atoms with E-state index in [0.29, 0.717) is 0 Å². The lowest BCUT2D eigenvalue weighted by atomic mass is 9.98. The molecule has 0 unspecified atom stereocenters. The Morgan fingerprint density at radius 3 is 3.07 bits per heavy atom. The highest BCUT2D eigenvalue weighted by atomic mass is 16.5. The van der Waals surface area contributed by atoms with Crippen molar-refractivity contribution >= 4 is 0 Å². The summed E-state index contributed by atoms with van der Waals surface area (Å²) in [5.74, 6) is 0. The molecule has 3 rings (SSSR count). The van der Waals surface area contributed by atoms with Gasteiger partial charge in [0.1, 0.15) is 0 Å². The van der Waals surface area contributed by atoms with E-state index in [1.54, 1.807) is 0 Å². The maximum Gasteiger partial charge on any atom is 0.0719 e. The molecule has 2 heterocycles. The summed E-state index contributed by atoms with van der Waals surface area (Å²) in [4.78, 5) is 0. The second kappa shape index (κ2) is 3.51. The predicted octanol–water partition coefficient (Wildman–Crippen LogP) is 2.15. The first kappa shape index (κ1) is 8.68. The first-order chi connectivity index (χ1) is 7.43. The molecule has 0 spiro atoms. The molecule has 0 atom stereocenters. The van der Waals surface area contributed by atoms with Crippen molar-refractivity contribution in [2.45, 2.75) is 13.0 Å². The number of fused-ring (bicyclic) bond motifs is 1. The normalized spacial score (nSPS) is 14.9. The molecule has 0 fully saturated rings. The van der Waals surface area contributed by atoms with Crippen LogP contribution in [0.2, 0.25) is 0 Å². The Hall–Kier alpha value is -1.61. The van der Waals surface area contributed by atoms with Crippen molar-refractivity contribution in [3.63, 3.8) is 0 Å². The number of nitrogens with zero attached hydrogens (tertiary/aromatic N) is 1. The number of aromatic nitrogens is 2. The third-order valence-electron chi connectivity index (χ3n) is 2.81. The topological polar surface area (TPSA) is 37.9 Å². The molecule has 1 aromatic carbocycles. The standard InChI is InChI=1S/C12H12N2O/c1-2-11-8-15-4-3-10(11)5-9(1)12-6-13-14-7-12/h1-2,5-7H,3-4,8H2,(H,13,14). The number of H-pyrrole nitrogens is 1. The van der Waals surface area contributed by atoms with E-state index in [-0.39, 0.29) is 0 Å². The summed E-state index contributed by atoms with van der Waals surface area (Å²) in [7, 11) is 0. The van der Waals surface area contributed by atoms with Crippen LogP contribution in [-0.4, -0.2) is 16.8 Å². The molecule has 2 aromatic rings. The van der Waals surface area contributed by atoms with Crippen LogP contribution < -0.4 is 0 Å². The number of benzene rings is 1. The maximum atomic E-state index is 5.41. The third-order valence-corrected chi connectivity index (χ3v) is 2.81. The Bertz CT molecular complexity index is 462. The van der Waals surface area contributed by atoms with Crippen LogP contribution in [0.4, 0.5) is 0 Å². The summed E-state index contributed by atoms with van der Waals surface area (Å²) in [6.07, 6.45) is 4.78. The van der Waals surface area contributed by atoms with Crippen molar-refractivity contribution in [2.75, 3.05) is 6.61 Å². The van der Waals surface area contributed by atoms with Gasteiger partial charge in [0.05, 0.1) is 19.4 Å². The highest BCUT2D eigenvalue weighted by Crippen LogP contribution is 2.24. The van der Waals surface area contributed by atoms with Crippen LogP contribution in [0.5, 0.6) is 0 Å². The van der Waals surface area contributed by atoms with Gasteiger partial charge in [-0.2, -0.15) is 5.10 Å². The van der Waals surface area contributed by atoms with Gasteiger partial charge in [0, 0.05) is 11.8 Å². The number of rotatable bonds is 1. The lowest BCUT2D eigenvalue weighted by Gasteiger charge is -2.16. The van der Waals surface area contributed by atoms with E-state index < -0.39 is 0 Å². The quantitative estimate of drug-likeness (QED) is 0.766. The fourth-order valence-electron chi connectivity index (χ4n) is 1.95. The van der Waals surface area contributed by atoms with Crippen LogP contribution in [0, 0.1) is 0 Å². The molecule has 1 aliphatic heterocycles. The molecular formula is C12H12N2O. The van der Waals surface area contributed by atoms with Crippen LogP contribution in [0.1, 0.15) is 11.1 Å². The van der Waals surface area contributed by atoms with E-state index >= 15 is 0 Å². The molecule has 0 amide bonds. The zero-order valence-corrected chi connectivity index (χ0v) is 8.36. The molecule has 76 valence electrons. The third kappa shape index (κ3) is 1.55. The van der Waals surface area contributed by atoms with Gasteiger partial charge < -0.3 is 4.74 Å². The second-order valence-corrected chi connectivity index (χ2v) is 3.77. The monoisotopic (exact) mass is 200 g/mol. The Morgan fingerprint density at radius 1 is 1.20 bits per heavy atom. The zero-order valence-electron chi connectivity index (χ0n) is 8.36. The lowest BCUT2D eigenvalue weighted by Crippen LogP contribution is -2.09. The van der Waals surface area contributed by atoms with Crippen molar-refractivity contribution in [3.8, 4) is 11.1 Å². The minimum Gasteiger partial charge on any atom is -0.376 e. The Kier molecular flexibility index (Phi) is 2.03. The average Bonchev–Trinajstić information content (AvgIpc) is 2.82. The van der Waals surface area contributed by atoms with Crippen LogP contribution in [0.25, 0.3) is 11.1 Å². The Balaban J connectivity index is 2.04. The summed E-state index contributed by atoms with van der Waals surface area (Å²) in [6, 6.07) is 6.51. The Labute approximate surface area is 88.1 Å². The van der Waals surface area contributed by atoms with Gasteiger partial charge in [0.25, 0.3) is 0 Å². The number of nitrogens with one attached hydrogen (secondary N) is 1. The predicted molar refractivity (Wildman–Crippen MR) is 57.4 cm³/mol. The van der Waals surface area contributed by atoms with Crippen molar-refractivity contribution in [2.24, 2.45) is 0 Å². The molecule has 3 heteroatoms. The average molecular weight is 200 g/mol. The highest BCUT2D eigenvalue weighted by Gasteiger charge is 2.10. The summed E-state index contributed by atoms with van der Waals surface area (Å²) < 4.78 is 5.41. The van der Waals surface area contributed by atoms with Gasteiger partial charge in [0.15, 0.2) is 0 Å². The maximum absolute atomic E-state index is 5.41. The smallest absolute Gasteiger partial charge is 0.0719 e. The second-order valence-electron chi connectivity index (χ2n) is 3.77.